The average Bonchev–Trinajstić information content (AvgIpc) is 2.90. The molecule has 2 aliphatic carbocycles. The van der Waals surface area contributed by atoms with Gasteiger partial charge >= 0.3 is 0 Å². The van der Waals surface area contributed by atoms with Crippen molar-refractivity contribution in [3.63, 3.8) is 0 Å². The lowest BCUT2D eigenvalue weighted by molar-refractivity contribution is 0.118. The van der Waals surface area contributed by atoms with Gasteiger partial charge in [0.15, 0.2) is 11.5 Å². The second-order valence-electron chi connectivity index (χ2n) is 6.99. The van der Waals surface area contributed by atoms with Crippen molar-refractivity contribution >= 4 is 0 Å². The van der Waals surface area contributed by atoms with Gasteiger partial charge < -0.3 is 9.84 Å². The van der Waals surface area contributed by atoms with E-state index in [-0.39, 0.29) is 5.75 Å². The van der Waals surface area contributed by atoms with Crippen LogP contribution in [0.3, 0.4) is 0 Å². The number of fused-ring (bicyclic) bond motifs is 2. The monoisotopic (exact) mass is 260 g/mol. The second kappa shape index (κ2) is 4.16. The van der Waals surface area contributed by atoms with Crippen molar-refractivity contribution in [2.45, 2.75) is 39.5 Å². The van der Waals surface area contributed by atoms with Crippen LogP contribution in [0.1, 0.15) is 45.1 Å². The fourth-order valence-electron chi connectivity index (χ4n) is 4.55. The zero-order valence-corrected chi connectivity index (χ0v) is 12.3. The van der Waals surface area contributed by atoms with E-state index in [2.05, 4.69) is 26.8 Å². The number of benzene rings is 1. The second-order valence-corrected chi connectivity index (χ2v) is 6.99. The molecule has 2 bridgehead atoms. The molecule has 2 nitrogen and oxygen atoms in total. The smallest absolute Gasteiger partial charge is 0.160 e. The van der Waals surface area contributed by atoms with Crippen LogP contribution in [0.5, 0.6) is 11.5 Å². The Balaban J connectivity index is 1.93. The van der Waals surface area contributed by atoms with Gasteiger partial charge in [0.1, 0.15) is 0 Å². The fourth-order valence-corrected chi connectivity index (χ4v) is 4.55. The molecule has 0 saturated heterocycles. The van der Waals surface area contributed by atoms with Crippen molar-refractivity contribution < 1.29 is 9.84 Å². The summed E-state index contributed by atoms with van der Waals surface area (Å²) < 4.78 is 5.25. The zero-order chi connectivity index (χ0) is 13.8. The van der Waals surface area contributed by atoms with Gasteiger partial charge in [-0.25, -0.2) is 0 Å². The largest absolute Gasteiger partial charge is 0.504 e. The van der Waals surface area contributed by atoms with Gasteiger partial charge in [-0.2, -0.15) is 0 Å². The molecule has 104 valence electrons. The minimum Gasteiger partial charge on any atom is -0.504 e. The molecule has 0 unspecified atom stereocenters. The highest BCUT2D eigenvalue weighted by Gasteiger charge is 2.55. The molecule has 0 radical (unpaired) electrons. The molecular formula is C17H24O2. The lowest BCUT2D eigenvalue weighted by Gasteiger charge is -2.41. The molecule has 0 spiro atoms. The Bertz CT molecular complexity index is 492. The molecule has 2 aliphatic rings. The summed E-state index contributed by atoms with van der Waals surface area (Å²) in [6.07, 6.45) is 2.66. The van der Waals surface area contributed by atoms with Crippen LogP contribution in [0.15, 0.2) is 18.2 Å². The minimum atomic E-state index is 0.238. The molecule has 0 heterocycles. The first kappa shape index (κ1) is 12.8. The first-order chi connectivity index (χ1) is 8.95. The van der Waals surface area contributed by atoms with Crippen LogP contribution < -0.4 is 4.74 Å². The summed E-state index contributed by atoms with van der Waals surface area (Å²) in [6, 6.07) is 5.88. The van der Waals surface area contributed by atoms with Crippen LogP contribution in [0, 0.1) is 23.2 Å². The Labute approximate surface area is 115 Å². The van der Waals surface area contributed by atoms with Gasteiger partial charge in [0.25, 0.3) is 0 Å². The Morgan fingerprint density at radius 2 is 2.00 bits per heavy atom. The highest BCUT2D eigenvalue weighted by atomic mass is 16.5. The highest BCUT2D eigenvalue weighted by Crippen LogP contribution is 2.64. The molecule has 1 aromatic carbocycles. The van der Waals surface area contributed by atoms with Crippen LogP contribution in [0.4, 0.5) is 0 Å². The van der Waals surface area contributed by atoms with E-state index >= 15 is 0 Å². The van der Waals surface area contributed by atoms with E-state index in [0.717, 1.165) is 17.8 Å². The molecule has 3 rings (SSSR count). The molecule has 0 amide bonds. The van der Waals surface area contributed by atoms with E-state index in [1.165, 1.54) is 18.4 Å². The SMILES string of the molecule is COc1cc([C@@H]2C[C@@H]3C[C@@H]2C(C)(C)[C@@H]3C)ccc1O. The molecule has 19 heavy (non-hydrogen) atoms. The Hall–Kier alpha value is -1.18. The third kappa shape index (κ3) is 1.76. The first-order valence-electron chi connectivity index (χ1n) is 7.32. The molecular weight excluding hydrogens is 236 g/mol. The van der Waals surface area contributed by atoms with Crippen LogP contribution in [-0.2, 0) is 0 Å². The maximum Gasteiger partial charge on any atom is 0.160 e. The number of rotatable bonds is 2. The van der Waals surface area contributed by atoms with E-state index in [9.17, 15) is 5.11 Å². The van der Waals surface area contributed by atoms with Crippen molar-refractivity contribution in [3.05, 3.63) is 23.8 Å². The Morgan fingerprint density at radius 1 is 1.26 bits per heavy atom. The maximum absolute atomic E-state index is 9.73. The first-order valence-corrected chi connectivity index (χ1v) is 7.32. The predicted molar refractivity (Wildman–Crippen MR) is 76.6 cm³/mol. The normalized spacial score (nSPS) is 35.6. The minimum absolute atomic E-state index is 0.238. The molecule has 2 fully saturated rings. The molecule has 1 aromatic rings. The van der Waals surface area contributed by atoms with Crippen LogP contribution in [-0.4, -0.2) is 12.2 Å². The van der Waals surface area contributed by atoms with E-state index in [0.29, 0.717) is 17.1 Å². The summed E-state index contributed by atoms with van der Waals surface area (Å²) in [5, 5.41) is 9.73. The lowest BCUT2D eigenvalue weighted by atomic mass is 9.64. The summed E-state index contributed by atoms with van der Waals surface area (Å²) in [5.74, 6) is 3.93. The summed E-state index contributed by atoms with van der Waals surface area (Å²) >= 11 is 0. The van der Waals surface area contributed by atoms with E-state index in [4.69, 9.17) is 4.74 Å². The van der Waals surface area contributed by atoms with Gasteiger partial charge in [-0.1, -0.05) is 26.8 Å². The standard InChI is InChI=1S/C17H24O2/c1-10-12-7-13(14(8-12)17(10,2)3)11-5-6-15(18)16(9-11)19-4/h5-6,9-10,12-14,18H,7-8H2,1-4H3/t10-,12-,13+,14+/m1/s1. The summed E-state index contributed by atoms with van der Waals surface area (Å²) in [4.78, 5) is 0. The highest BCUT2D eigenvalue weighted by molar-refractivity contribution is 5.43. The number of phenols is 1. The molecule has 0 aliphatic heterocycles. The van der Waals surface area contributed by atoms with Gasteiger partial charge in [-0.3, -0.25) is 0 Å². The van der Waals surface area contributed by atoms with E-state index in [1.54, 1.807) is 13.2 Å². The number of hydrogen-bond donors (Lipinski definition) is 1. The van der Waals surface area contributed by atoms with Crippen molar-refractivity contribution in [3.8, 4) is 11.5 Å². The van der Waals surface area contributed by atoms with Crippen molar-refractivity contribution in [1.29, 1.82) is 0 Å². The van der Waals surface area contributed by atoms with Gasteiger partial charge in [-0.05, 0) is 59.6 Å². The van der Waals surface area contributed by atoms with E-state index < -0.39 is 0 Å². The molecule has 1 N–H and O–H groups in total. The Kier molecular flexibility index (Phi) is 2.81. The quantitative estimate of drug-likeness (QED) is 0.864. The van der Waals surface area contributed by atoms with E-state index in [1.807, 2.05) is 6.07 Å². The third-order valence-electron chi connectivity index (χ3n) is 6.07. The van der Waals surface area contributed by atoms with Crippen LogP contribution in [0.25, 0.3) is 0 Å². The number of ether oxygens (including phenoxy) is 1. The number of hydrogen-bond acceptors (Lipinski definition) is 2. The zero-order valence-electron chi connectivity index (χ0n) is 12.3. The number of aromatic hydroxyl groups is 1. The average molecular weight is 260 g/mol. The summed E-state index contributed by atoms with van der Waals surface area (Å²) in [5.41, 5.74) is 1.76. The van der Waals surface area contributed by atoms with Crippen LogP contribution in [0.2, 0.25) is 0 Å². The van der Waals surface area contributed by atoms with Crippen molar-refractivity contribution in [2.24, 2.45) is 23.2 Å². The van der Waals surface area contributed by atoms with Crippen molar-refractivity contribution in [2.75, 3.05) is 7.11 Å². The Morgan fingerprint density at radius 3 is 2.58 bits per heavy atom. The number of methoxy groups -OCH3 is 1. The maximum atomic E-state index is 9.73. The topological polar surface area (TPSA) is 29.5 Å². The molecule has 2 heteroatoms. The van der Waals surface area contributed by atoms with Gasteiger partial charge in [0, 0.05) is 0 Å². The molecule has 4 atom stereocenters. The fraction of sp³-hybridized carbons (Fsp3) is 0.647. The van der Waals surface area contributed by atoms with Gasteiger partial charge in [0.2, 0.25) is 0 Å². The van der Waals surface area contributed by atoms with Gasteiger partial charge in [-0.15, -0.1) is 0 Å². The summed E-state index contributed by atoms with van der Waals surface area (Å²) in [7, 11) is 1.62. The summed E-state index contributed by atoms with van der Waals surface area (Å²) in [6.45, 7) is 7.26. The van der Waals surface area contributed by atoms with Crippen molar-refractivity contribution in [1.82, 2.24) is 0 Å². The van der Waals surface area contributed by atoms with Gasteiger partial charge in [0.05, 0.1) is 7.11 Å². The molecule has 2 saturated carbocycles. The predicted octanol–water partition coefficient (Wildman–Crippen LogP) is 4.19. The molecule has 0 aromatic heterocycles. The van der Waals surface area contributed by atoms with Crippen LogP contribution >= 0.6 is 0 Å². The lowest BCUT2D eigenvalue weighted by Crippen LogP contribution is -2.32. The third-order valence-corrected chi connectivity index (χ3v) is 6.07. The number of phenolic OH excluding ortho intramolecular Hbond substituents is 1.